The van der Waals surface area contributed by atoms with Crippen LogP contribution in [0.3, 0.4) is 0 Å². The number of aromatic nitrogens is 3. The van der Waals surface area contributed by atoms with Crippen LogP contribution in [0.4, 0.5) is 11.5 Å². The van der Waals surface area contributed by atoms with E-state index < -0.39 is 11.6 Å². The van der Waals surface area contributed by atoms with E-state index in [1.54, 1.807) is 6.07 Å². The van der Waals surface area contributed by atoms with Crippen molar-refractivity contribution in [3.63, 3.8) is 0 Å². The number of nitrogens with zero attached hydrogens (tertiary/aromatic N) is 5. The molecule has 214 valence electrons. The summed E-state index contributed by atoms with van der Waals surface area (Å²) in [7, 11) is 0. The first-order chi connectivity index (χ1) is 20.6. The standard InChI is InChI=1S/C32H33N7O3/c33-29(28-26(39-15-17-41-18-16-39)19-23(20-35-28)21-9-3-1-4-10-21)42-32(34)38-30-31(40)36-25-14-8-7-13-24(25)27(37-30)22-11-5-2-6-12-22/h2,5-8,11-14,19-21,33H,1,3-4,9-10,15-18H2,(H2,34,36,37,38,40). The molecular weight excluding hydrogens is 530 g/mol. The Labute approximate surface area is 243 Å². The molecule has 42 heavy (non-hydrogen) atoms. The van der Waals surface area contributed by atoms with Crippen LogP contribution in [0.5, 0.6) is 0 Å². The van der Waals surface area contributed by atoms with Crippen LogP contribution in [-0.2, 0) is 9.47 Å². The van der Waals surface area contributed by atoms with Crippen molar-refractivity contribution in [2.24, 2.45) is 10.7 Å². The second-order valence-electron chi connectivity index (χ2n) is 10.5. The fourth-order valence-electron chi connectivity index (χ4n) is 5.66. The molecule has 2 aromatic carbocycles. The SMILES string of the molecule is N=C(OC(N)=Nc1nc(-c2ccccc2)c2ccccc2nc1=O)c1ncc(C2CCCCC2)cc1N1CCOCC1. The number of para-hydroxylation sites is 1. The second kappa shape index (κ2) is 12.4. The lowest BCUT2D eigenvalue weighted by atomic mass is 9.84. The molecule has 1 saturated carbocycles. The Morgan fingerprint density at radius 3 is 2.52 bits per heavy atom. The second-order valence-corrected chi connectivity index (χ2v) is 10.5. The maximum absolute atomic E-state index is 13.1. The van der Waals surface area contributed by atoms with Crippen molar-refractivity contribution in [2.45, 2.75) is 38.0 Å². The van der Waals surface area contributed by atoms with E-state index in [0.29, 0.717) is 54.5 Å². The number of hydrogen-bond acceptors (Lipinski definition) is 9. The third kappa shape index (κ3) is 5.99. The van der Waals surface area contributed by atoms with Gasteiger partial charge in [-0.15, -0.1) is 0 Å². The van der Waals surface area contributed by atoms with E-state index in [0.717, 1.165) is 24.1 Å². The maximum Gasteiger partial charge on any atom is 0.315 e. The number of nitrogens with one attached hydrogen (secondary N) is 1. The van der Waals surface area contributed by atoms with Gasteiger partial charge in [-0.05, 0) is 36.5 Å². The number of benzene rings is 2. The Morgan fingerprint density at radius 1 is 1.00 bits per heavy atom. The molecule has 3 N–H and O–H groups in total. The van der Waals surface area contributed by atoms with Crippen molar-refractivity contribution in [2.75, 3.05) is 31.2 Å². The first-order valence-corrected chi connectivity index (χ1v) is 14.4. The number of nitrogens with two attached hydrogens (primary N) is 1. The number of fused-ring (bicyclic) bond motifs is 1. The summed E-state index contributed by atoms with van der Waals surface area (Å²) >= 11 is 0. The first-order valence-electron chi connectivity index (χ1n) is 14.4. The van der Waals surface area contributed by atoms with Gasteiger partial charge in [0.25, 0.3) is 6.02 Å². The highest BCUT2D eigenvalue weighted by molar-refractivity contribution is 6.02. The topological polar surface area (TPSA) is 140 Å². The predicted molar refractivity (Wildman–Crippen MR) is 164 cm³/mol. The van der Waals surface area contributed by atoms with Gasteiger partial charge in [0.2, 0.25) is 11.7 Å². The molecule has 1 saturated heterocycles. The van der Waals surface area contributed by atoms with Crippen molar-refractivity contribution < 1.29 is 9.47 Å². The Kier molecular flexibility index (Phi) is 8.14. The fraction of sp³-hybridized carbons (Fsp3) is 0.312. The molecule has 0 unspecified atom stereocenters. The zero-order valence-corrected chi connectivity index (χ0v) is 23.3. The molecule has 1 aliphatic carbocycles. The van der Waals surface area contributed by atoms with Gasteiger partial charge in [-0.2, -0.15) is 4.99 Å². The van der Waals surface area contributed by atoms with Crippen LogP contribution in [-0.4, -0.2) is 53.2 Å². The van der Waals surface area contributed by atoms with Crippen LogP contribution in [0, 0.1) is 5.41 Å². The van der Waals surface area contributed by atoms with Gasteiger partial charge < -0.3 is 20.1 Å². The largest absolute Gasteiger partial charge is 0.405 e. The molecule has 0 radical (unpaired) electrons. The van der Waals surface area contributed by atoms with Gasteiger partial charge in [-0.25, -0.2) is 15.0 Å². The van der Waals surface area contributed by atoms with Crippen molar-refractivity contribution in [1.82, 2.24) is 15.0 Å². The van der Waals surface area contributed by atoms with Crippen LogP contribution in [0.25, 0.3) is 22.2 Å². The molecule has 6 rings (SSSR count). The van der Waals surface area contributed by atoms with E-state index in [2.05, 4.69) is 30.9 Å². The highest BCUT2D eigenvalue weighted by Crippen LogP contribution is 2.35. The molecular formula is C32H33N7O3. The minimum atomic E-state index is -0.657. The van der Waals surface area contributed by atoms with Gasteiger partial charge in [-0.1, -0.05) is 67.8 Å². The molecule has 2 aromatic heterocycles. The quantitative estimate of drug-likeness (QED) is 0.257. The van der Waals surface area contributed by atoms with Crippen molar-refractivity contribution >= 4 is 34.3 Å². The molecule has 0 atom stereocenters. The predicted octanol–water partition coefficient (Wildman–Crippen LogP) is 4.92. The Balaban J connectivity index is 1.34. The fourth-order valence-corrected chi connectivity index (χ4v) is 5.66. The third-order valence-electron chi connectivity index (χ3n) is 7.79. The van der Waals surface area contributed by atoms with E-state index in [9.17, 15) is 4.79 Å². The molecule has 0 amide bonds. The number of anilines is 1. The van der Waals surface area contributed by atoms with Gasteiger partial charge in [-0.3, -0.25) is 10.2 Å². The number of hydrogen-bond donors (Lipinski definition) is 2. The van der Waals surface area contributed by atoms with E-state index in [1.807, 2.05) is 54.7 Å². The summed E-state index contributed by atoms with van der Waals surface area (Å²) in [6.45, 7) is 2.56. The molecule has 0 bridgehead atoms. The average Bonchev–Trinajstić information content (AvgIpc) is 3.17. The zero-order chi connectivity index (χ0) is 28.9. The molecule has 0 spiro atoms. The Hall–Kier alpha value is -4.70. The van der Waals surface area contributed by atoms with Gasteiger partial charge in [0.05, 0.1) is 30.1 Å². The molecule has 2 fully saturated rings. The Bertz CT molecular complexity index is 1680. The first kappa shape index (κ1) is 27.5. The van der Waals surface area contributed by atoms with Crippen LogP contribution in [0.1, 0.15) is 49.3 Å². The lowest BCUT2D eigenvalue weighted by Crippen LogP contribution is -2.37. The molecule has 10 heteroatoms. The number of amidine groups is 1. The zero-order valence-electron chi connectivity index (χ0n) is 23.3. The smallest absolute Gasteiger partial charge is 0.315 e. The van der Waals surface area contributed by atoms with Crippen LogP contribution in [0.15, 0.2) is 76.6 Å². The van der Waals surface area contributed by atoms with Gasteiger partial charge in [0.1, 0.15) is 5.69 Å². The van der Waals surface area contributed by atoms with E-state index in [1.165, 1.54) is 24.8 Å². The minimum Gasteiger partial charge on any atom is -0.405 e. The molecule has 10 nitrogen and oxygen atoms in total. The summed E-state index contributed by atoms with van der Waals surface area (Å²) in [5.41, 5.74) is 9.68. The number of ether oxygens (including phenoxy) is 2. The minimum absolute atomic E-state index is 0.232. The molecule has 3 heterocycles. The third-order valence-corrected chi connectivity index (χ3v) is 7.79. The van der Waals surface area contributed by atoms with Crippen LogP contribution in [0.2, 0.25) is 0 Å². The summed E-state index contributed by atoms with van der Waals surface area (Å²) in [5.74, 6) is -0.0320. The van der Waals surface area contributed by atoms with Crippen LogP contribution >= 0.6 is 0 Å². The lowest BCUT2D eigenvalue weighted by Gasteiger charge is -2.31. The highest BCUT2D eigenvalue weighted by atomic mass is 16.5. The van der Waals surface area contributed by atoms with Crippen molar-refractivity contribution in [3.8, 4) is 11.3 Å². The summed E-state index contributed by atoms with van der Waals surface area (Å²) in [6, 6.07) is 18.5. The van der Waals surface area contributed by atoms with Gasteiger partial charge in [0.15, 0.2) is 0 Å². The van der Waals surface area contributed by atoms with Gasteiger partial charge in [0, 0.05) is 30.2 Å². The summed E-state index contributed by atoms with van der Waals surface area (Å²) in [6.07, 6.45) is 7.83. The summed E-state index contributed by atoms with van der Waals surface area (Å²) in [4.78, 5) is 32.9. The number of pyridine rings is 1. The average molecular weight is 564 g/mol. The lowest BCUT2D eigenvalue weighted by molar-refractivity contribution is 0.122. The van der Waals surface area contributed by atoms with E-state index in [4.69, 9.17) is 20.6 Å². The molecule has 2 aliphatic rings. The highest BCUT2D eigenvalue weighted by Gasteiger charge is 2.24. The molecule has 1 aliphatic heterocycles. The van der Waals surface area contributed by atoms with E-state index in [-0.39, 0.29) is 11.7 Å². The molecule has 4 aromatic rings. The van der Waals surface area contributed by atoms with Gasteiger partial charge >= 0.3 is 5.56 Å². The maximum atomic E-state index is 13.1. The van der Waals surface area contributed by atoms with Crippen molar-refractivity contribution in [1.29, 1.82) is 5.41 Å². The van der Waals surface area contributed by atoms with Crippen LogP contribution < -0.4 is 16.2 Å². The summed E-state index contributed by atoms with van der Waals surface area (Å²) in [5, 5.41) is 9.47. The number of morpholine rings is 1. The normalized spacial score (nSPS) is 16.4. The number of aliphatic imine (C=N–C) groups is 1. The number of rotatable bonds is 5. The monoisotopic (exact) mass is 563 g/mol. The summed E-state index contributed by atoms with van der Waals surface area (Å²) < 4.78 is 11.2. The Morgan fingerprint density at radius 2 is 1.74 bits per heavy atom. The van der Waals surface area contributed by atoms with Crippen molar-refractivity contribution in [3.05, 3.63) is 88.5 Å². The van der Waals surface area contributed by atoms with E-state index >= 15 is 0 Å².